The minimum atomic E-state index is -2.32. The van der Waals surface area contributed by atoms with E-state index >= 15 is 8.78 Å². The number of ether oxygens (including phenoxy) is 5. The van der Waals surface area contributed by atoms with E-state index in [1.807, 2.05) is 22.6 Å². The molecule has 4 aromatic heterocycles. The van der Waals surface area contributed by atoms with Crippen LogP contribution < -0.4 is 11.5 Å². The highest BCUT2D eigenvalue weighted by molar-refractivity contribution is 14.1. The summed E-state index contributed by atoms with van der Waals surface area (Å²) in [5.41, 5.74) is 26.1. The Kier molecular flexibility index (Phi) is 15.8. The lowest BCUT2D eigenvalue weighted by Gasteiger charge is -2.29. The number of carbonyl (C=O) groups is 3. The minimum Gasteiger partial charge on any atom is -0.459 e. The average molecular weight is 1060 g/mol. The molecule has 1 aromatic carbocycles. The number of hydrogen-bond donors (Lipinski definition) is 2. The van der Waals surface area contributed by atoms with Crippen molar-refractivity contribution in [3.63, 3.8) is 0 Å². The van der Waals surface area contributed by atoms with Crippen molar-refractivity contribution in [3.05, 3.63) is 104 Å². The molecular weight excluding hydrogens is 1020 g/mol. The molecule has 8 atom stereocenters. The van der Waals surface area contributed by atoms with Crippen molar-refractivity contribution in [2.45, 2.75) is 83.3 Å². The Balaban J connectivity index is 0.000000253. The summed E-state index contributed by atoms with van der Waals surface area (Å²) in [6.07, 6.45) is -12.6. The van der Waals surface area contributed by atoms with E-state index in [2.05, 4.69) is 40.2 Å². The molecule has 5 aromatic rings. The SMILES string of the molecule is C.CC(C)C(=O)O[C@H]1[C@@H](F)[C@H](c2ccc3c(N)nc(F)nn23)O[C@@]1(CI)N=[N+]=[N-].CC(C)C(=O)O[C@H]1[C@@H](F)[C@H](c2ccc3c(N)nc(F)nn23)O[C@@]1(COC(=O)c1cccc(Cl)c1)N=[N+]=[N-]. The number of carbonyl (C=O) groups excluding carboxylic acids is 3. The van der Waals surface area contributed by atoms with Crippen molar-refractivity contribution >= 4 is 74.8 Å². The fraction of sp³-hybridized carbons (Fsp3) is 0.447. The monoisotopic (exact) mass is 1060 g/mol. The second kappa shape index (κ2) is 20.5. The summed E-state index contributed by atoms with van der Waals surface area (Å²) in [7, 11) is 0. The molecule has 0 spiro atoms. The van der Waals surface area contributed by atoms with Crippen LogP contribution in [0.2, 0.25) is 5.02 Å². The average Bonchev–Trinajstić information content (AvgIpc) is 4.00. The first kappa shape index (κ1) is 50.7. The molecule has 66 heavy (non-hydrogen) atoms. The lowest BCUT2D eigenvalue weighted by molar-refractivity contribution is -0.169. The highest BCUT2D eigenvalue weighted by Crippen LogP contribution is 2.47. The van der Waals surface area contributed by atoms with Crippen molar-refractivity contribution in [2.24, 2.45) is 22.1 Å². The molecule has 0 radical (unpaired) electrons. The molecule has 0 bridgehead atoms. The number of hydrogen-bond acceptors (Lipinski definition) is 16. The fourth-order valence-electron chi connectivity index (χ4n) is 6.72. The quantitative estimate of drug-likeness (QED) is 0.0179. The highest BCUT2D eigenvalue weighted by atomic mass is 127. The molecule has 2 fully saturated rings. The van der Waals surface area contributed by atoms with Crippen molar-refractivity contribution < 1.29 is 55.6 Å². The Morgan fingerprint density at radius 3 is 1.73 bits per heavy atom. The van der Waals surface area contributed by atoms with E-state index in [4.69, 9.17) is 52.3 Å². The number of halogens is 6. The number of rotatable bonds is 12. The van der Waals surface area contributed by atoms with E-state index < -0.39 is 96.7 Å². The van der Waals surface area contributed by atoms with Crippen LogP contribution in [0.25, 0.3) is 31.9 Å². The van der Waals surface area contributed by atoms with Gasteiger partial charge in [0.25, 0.3) is 0 Å². The van der Waals surface area contributed by atoms with Gasteiger partial charge in [-0.25, -0.2) is 22.6 Å². The Bertz CT molecular complexity index is 2740. The first-order valence-corrected chi connectivity index (χ1v) is 21.0. The molecule has 2 aliphatic heterocycles. The molecule has 2 aliphatic rings. The minimum absolute atomic E-state index is 0. The molecule has 6 heterocycles. The summed E-state index contributed by atoms with van der Waals surface area (Å²) in [6, 6.07) is 11.5. The van der Waals surface area contributed by atoms with Gasteiger partial charge in [0.05, 0.1) is 28.8 Å². The number of fused-ring (bicyclic) bond motifs is 2. The molecule has 2 saturated heterocycles. The number of anilines is 2. The van der Waals surface area contributed by atoms with Crippen LogP contribution in [0, 0.1) is 24.0 Å². The Hall–Kier alpha value is -6.25. The number of azide groups is 2. The van der Waals surface area contributed by atoms with Gasteiger partial charge >= 0.3 is 30.1 Å². The van der Waals surface area contributed by atoms with Gasteiger partial charge in [0, 0.05) is 19.3 Å². The number of esters is 3. The lowest BCUT2D eigenvalue weighted by Crippen LogP contribution is -2.47. The summed E-state index contributed by atoms with van der Waals surface area (Å²) >= 11 is 7.77. The van der Waals surface area contributed by atoms with E-state index in [0.717, 1.165) is 9.03 Å². The van der Waals surface area contributed by atoms with Gasteiger partial charge in [0.1, 0.15) is 29.8 Å². The first-order chi connectivity index (χ1) is 30.8. The van der Waals surface area contributed by atoms with Crippen LogP contribution in [0.4, 0.5) is 29.2 Å². The van der Waals surface area contributed by atoms with E-state index in [0.29, 0.717) is 0 Å². The van der Waals surface area contributed by atoms with Gasteiger partial charge in [0.15, 0.2) is 41.9 Å². The van der Waals surface area contributed by atoms with Crippen LogP contribution in [-0.4, -0.2) is 94.1 Å². The summed E-state index contributed by atoms with van der Waals surface area (Å²) < 4.78 is 88.4. The molecule has 0 amide bonds. The van der Waals surface area contributed by atoms with Crippen molar-refractivity contribution in [1.29, 1.82) is 0 Å². The highest BCUT2D eigenvalue weighted by Gasteiger charge is 2.61. The Morgan fingerprint density at radius 1 is 0.833 bits per heavy atom. The van der Waals surface area contributed by atoms with Gasteiger partial charge in [-0.3, -0.25) is 9.59 Å². The number of nitrogens with zero attached hydrogens (tertiary/aromatic N) is 12. The van der Waals surface area contributed by atoms with E-state index in [9.17, 15) is 28.7 Å². The zero-order chi connectivity index (χ0) is 47.5. The summed E-state index contributed by atoms with van der Waals surface area (Å²) in [4.78, 5) is 49.4. The number of nitrogens with two attached hydrogens (primary N) is 2. The zero-order valence-corrected chi connectivity index (χ0v) is 37.1. The zero-order valence-electron chi connectivity index (χ0n) is 34.2. The number of alkyl halides is 3. The summed E-state index contributed by atoms with van der Waals surface area (Å²) in [5, 5.41) is 14.6. The maximum absolute atomic E-state index is 16.0. The third-order valence-electron chi connectivity index (χ3n) is 9.89. The number of aromatic nitrogens is 6. The van der Waals surface area contributed by atoms with Crippen LogP contribution in [0.1, 0.15) is 69.1 Å². The largest absolute Gasteiger partial charge is 0.459 e. The van der Waals surface area contributed by atoms with Crippen LogP contribution in [0.15, 0.2) is 58.8 Å². The van der Waals surface area contributed by atoms with Gasteiger partial charge in [-0.15, -0.1) is 10.2 Å². The van der Waals surface area contributed by atoms with Crippen LogP contribution in [0.5, 0.6) is 0 Å². The molecule has 22 nitrogen and oxygen atoms in total. The van der Waals surface area contributed by atoms with Crippen LogP contribution >= 0.6 is 34.2 Å². The summed E-state index contributed by atoms with van der Waals surface area (Å²) in [6.45, 7) is 5.38. The molecular formula is C38H40ClF4IN14O8. The van der Waals surface area contributed by atoms with Gasteiger partial charge in [-0.05, 0) is 53.5 Å². The second-order valence-electron chi connectivity index (χ2n) is 14.9. The topological polar surface area (TPSA) is 307 Å². The summed E-state index contributed by atoms with van der Waals surface area (Å²) in [5.74, 6) is -3.94. The van der Waals surface area contributed by atoms with Crippen LogP contribution in [-0.2, 0) is 33.3 Å². The lowest BCUT2D eigenvalue weighted by atomic mass is 10.0. The predicted octanol–water partition coefficient (Wildman–Crippen LogP) is 7.45. The smallest absolute Gasteiger partial charge is 0.338 e. The van der Waals surface area contributed by atoms with Gasteiger partial charge in [0.2, 0.25) is 5.72 Å². The molecule has 0 unspecified atom stereocenters. The number of benzene rings is 1. The van der Waals surface area contributed by atoms with Gasteiger partial charge < -0.3 is 35.2 Å². The van der Waals surface area contributed by atoms with Crippen molar-refractivity contribution in [2.75, 3.05) is 22.5 Å². The standard InChI is InChI=1S/C22H20ClF2N7O5.C15H16F2IN7O3.CH4/c1-10(2)19(33)36-17-15(24)16(13-6-7-14-18(26)28-21(25)29-32(13)14)37-22(17,30-31-27)9-35-20(34)11-4-3-5-12(23)8-11;1-6(2)13(26)27-11-9(16)10(28-15(11,5-18)23-24-20)7-3-4-8-12(19)21-14(17)22-25(7)8;/h3-8,10,15-17H,9H2,1-2H3,(H2,26,28,29);3-4,6,9-11H,5H2,1-2H3,(H2,19,21,22);1H4/t15-,16-,17-,22+;9-,10-,11-,15+;/m00./s1. The molecule has 0 aliphatic carbocycles. The van der Waals surface area contributed by atoms with E-state index in [1.54, 1.807) is 19.9 Å². The molecule has 0 saturated carbocycles. The van der Waals surface area contributed by atoms with Gasteiger partial charge in [-0.2, -0.15) is 18.7 Å². The maximum atomic E-state index is 16.0. The number of nitrogen functional groups attached to an aromatic ring is 2. The fourth-order valence-corrected chi connectivity index (χ4v) is 7.67. The van der Waals surface area contributed by atoms with E-state index in [1.165, 1.54) is 56.3 Å². The molecule has 7 rings (SSSR count). The maximum Gasteiger partial charge on any atom is 0.338 e. The normalized spacial score (nSPS) is 24.5. The second-order valence-corrected chi connectivity index (χ2v) is 16.1. The molecule has 28 heteroatoms. The molecule has 352 valence electrons. The third-order valence-corrected chi connectivity index (χ3v) is 11.2. The Labute approximate surface area is 389 Å². The van der Waals surface area contributed by atoms with Gasteiger partial charge in [-0.1, -0.05) is 85.6 Å². The van der Waals surface area contributed by atoms with Crippen molar-refractivity contribution in [3.8, 4) is 0 Å². The third kappa shape index (κ3) is 9.95. The predicted molar refractivity (Wildman–Crippen MR) is 233 cm³/mol. The van der Waals surface area contributed by atoms with Crippen LogP contribution in [0.3, 0.4) is 0 Å². The Morgan fingerprint density at radius 2 is 1.29 bits per heavy atom. The molecule has 4 N–H and O–H groups in total. The van der Waals surface area contributed by atoms with E-state index in [-0.39, 0.29) is 56.5 Å². The first-order valence-electron chi connectivity index (χ1n) is 19.1. The van der Waals surface area contributed by atoms with Crippen molar-refractivity contribution in [1.82, 2.24) is 29.2 Å².